The summed E-state index contributed by atoms with van der Waals surface area (Å²) in [5.41, 5.74) is 6.37. The van der Waals surface area contributed by atoms with Gasteiger partial charge in [-0.15, -0.1) is 0 Å². The van der Waals surface area contributed by atoms with E-state index in [-0.39, 0.29) is 11.9 Å². The number of nitrogens with two attached hydrogens (primary N) is 1. The van der Waals surface area contributed by atoms with Crippen LogP contribution in [0.1, 0.15) is 24.8 Å². The Bertz CT molecular complexity index is 611. The highest BCUT2D eigenvalue weighted by molar-refractivity contribution is 7.91. The molecule has 1 saturated heterocycles. The number of hydrogen-bond donors (Lipinski definition) is 2. The van der Waals surface area contributed by atoms with Crippen LogP contribution in [0.15, 0.2) is 29.2 Å². The summed E-state index contributed by atoms with van der Waals surface area (Å²) in [7, 11) is -3.19. The zero-order chi connectivity index (χ0) is 14.9. The van der Waals surface area contributed by atoms with Gasteiger partial charge in [0.15, 0.2) is 9.84 Å². The second-order valence-electron chi connectivity index (χ2n) is 5.87. The monoisotopic (exact) mass is 310 g/mol. The van der Waals surface area contributed by atoms with E-state index in [4.69, 9.17) is 10.5 Å². The predicted molar refractivity (Wildman–Crippen MR) is 80.8 cm³/mol. The second kappa shape index (κ2) is 5.68. The van der Waals surface area contributed by atoms with Crippen molar-refractivity contribution < 1.29 is 13.2 Å². The zero-order valence-corrected chi connectivity index (χ0v) is 12.9. The van der Waals surface area contributed by atoms with Crippen molar-refractivity contribution in [3.05, 3.63) is 29.8 Å². The third-order valence-corrected chi connectivity index (χ3v) is 6.34. The van der Waals surface area contributed by atoms with Gasteiger partial charge in [0.2, 0.25) is 0 Å². The lowest BCUT2D eigenvalue weighted by atomic mass is 9.86. The van der Waals surface area contributed by atoms with E-state index >= 15 is 0 Å². The number of rotatable bonds is 4. The smallest absolute Gasteiger partial charge is 0.178 e. The number of sulfone groups is 1. The molecule has 0 aliphatic carbocycles. The first-order valence-electron chi connectivity index (χ1n) is 7.46. The van der Waals surface area contributed by atoms with Crippen molar-refractivity contribution in [2.45, 2.75) is 35.8 Å². The summed E-state index contributed by atoms with van der Waals surface area (Å²) in [6, 6.07) is 7.20. The number of ether oxygens (including phenoxy) is 1. The van der Waals surface area contributed by atoms with Gasteiger partial charge in [-0.1, -0.05) is 18.2 Å². The van der Waals surface area contributed by atoms with Gasteiger partial charge in [-0.05, 0) is 30.9 Å². The summed E-state index contributed by atoms with van der Waals surface area (Å²) >= 11 is 0. The van der Waals surface area contributed by atoms with Crippen LogP contribution in [0.3, 0.4) is 0 Å². The molecule has 0 aromatic heterocycles. The number of nitrogens with one attached hydrogen (secondary N) is 1. The fourth-order valence-corrected chi connectivity index (χ4v) is 4.99. The molecule has 116 valence electrons. The molecule has 2 aliphatic heterocycles. The average molecular weight is 310 g/mol. The van der Waals surface area contributed by atoms with Crippen molar-refractivity contribution in [1.29, 1.82) is 0 Å². The molecule has 5 nitrogen and oxygen atoms in total. The van der Waals surface area contributed by atoms with Crippen LogP contribution in [0.5, 0.6) is 0 Å². The van der Waals surface area contributed by atoms with E-state index in [9.17, 15) is 8.42 Å². The lowest BCUT2D eigenvalue weighted by Crippen LogP contribution is -2.54. The Morgan fingerprint density at radius 3 is 2.90 bits per heavy atom. The maximum atomic E-state index is 12.2. The average Bonchev–Trinajstić information content (AvgIpc) is 3.01. The summed E-state index contributed by atoms with van der Waals surface area (Å²) in [6.45, 7) is 1.91. The molecular weight excluding hydrogens is 288 g/mol. The summed E-state index contributed by atoms with van der Waals surface area (Å²) < 4.78 is 30.1. The van der Waals surface area contributed by atoms with E-state index in [2.05, 4.69) is 5.32 Å². The van der Waals surface area contributed by atoms with E-state index in [0.29, 0.717) is 24.4 Å². The standard InChI is InChI=1S/C15H22N2O3S/c16-11-15(17-10-12-4-3-8-20-12)7-9-21(18,19)14-6-2-1-5-13(14)15/h1-2,5-6,12,17H,3-4,7-11,16H2. The quantitative estimate of drug-likeness (QED) is 0.859. The molecule has 1 fully saturated rings. The lowest BCUT2D eigenvalue weighted by Gasteiger charge is -2.39. The summed E-state index contributed by atoms with van der Waals surface area (Å²) in [4.78, 5) is 0.418. The van der Waals surface area contributed by atoms with Crippen molar-refractivity contribution in [2.24, 2.45) is 5.73 Å². The first-order chi connectivity index (χ1) is 10.1. The maximum Gasteiger partial charge on any atom is 0.178 e. The van der Waals surface area contributed by atoms with E-state index < -0.39 is 15.4 Å². The van der Waals surface area contributed by atoms with Crippen molar-refractivity contribution in [3.63, 3.8) is 0 Å². The summed E-state index contributed by atoms with van der Waals surface area (Å²) in [5, 5.41) is 3.51. The van der Waals surface area contributed by atoms with Gasteiger partial charge >= 0.3 is 0 Å². The molecule has 2 atom stereocenters. The molecule has 3 N–H and O–H groups in total. The van der Waals surface area contributed by atoms with Crippen LogP contribution in [0.2, 0.25) is 0 Å². The molecule has 2 heterocycles. The molecule has 21 heavy (non-hydrogen) atoms. The minimum atomic E-state index is -3.19. The van der Waals surface area contributed by atoms with Crippen LogP contribution in [0.25, 0.3) is 0 Å². The highest BCUT2D eigenvalue weighted by atomic mass is 32.2. The molecule has 0 saturated carbocycles. The Morgan fingerprint density at radius 2 is 2.19 bits per heavy atom. The Kier molecular flexibility index (Phi) is 4.05. The Balaban J connectivity index is 1.91. The molecule has 1 aromatic carbocycles. The fourth-order valence-electron chi connectivity index (χ4n) is 3.27. The molecule has 2 aliphatic rings. The molecule has 3 rings (SSSR count). The predicted octanol–water partition coefficient (Wildman–Crippen LogP) is 0.787. The molecule has 0 spiro atoms. The van der Waals surface area contributed by atoms with Gasteiger partial charge in [0.05, 0.1) is 22.3 Å². The first-order valence-corrected chi connectivity index (χ1v) is 9.12. The third-order valence-electron chi connectivity index (χ3n) is 4.58. The lowest BCUT2D eigenvalue weighted by molar-refractivity contribution is 0.0995. The molecule has 1 aromatic rings. The van der Waals surface area contributed by atoms with Gasteiger partial charge in [0, 0.05) is 19.7 Å². The minimum absolute atomic E-state index is 0.139. The van der Waals surface area contributed by atoms with Gasteiger partial charge in [-0.2, -0.15) is 0 Å². The summed E-state index contributed by atoms with van der Waals surface area (Å²) in [6.07, 6.45) is 2.86. The van der Waals surface area contributed by atoms with E-state index in [0.717, 1.165) is 25.0 Å². The number of benzene rings is 1. The van der Waals surface area contributed by atoms with Gasteiger partial charge in [0.1, 0.15) is 0 Å². The molecular formula is C15H22N2O3S. The highest BCUT2D eigenvalue weighted by Crippen LogP contribution is 2.36. The van der Waals surface area contributed by atoms with Gasteiger partial charge in [-0.25, -0.2) is 8.42 Å². The number of hydrogen-bond acceptors (Lipinski definition) is 5. The van der Waals surface area contributed by atoms with Crippen molar-refractivity contribution >= 4 is 9.84 Å². The topological polar surface area (TPSA) is 81.4 Å². The van der Waals surface area contributed by atoms with Gasteiger partial charge in [-0.3, -0.25) is 0 Å². The third kappa shape index (κ3) is 2.73. The molecule has 0 radical (unpaired) electrons. The van der Waals surface area contributed by atoms with Gasteiger partial charge < -0.3 is 15.8 Å². The van der Waals surface area contributed by atoms with E-state index in [1.807, 2.05) is 12.1 Å². The van der Waals surface area contributed by atoms with Crippen LogP contribution in [-0.2, 0) is 20.1 Å². The van der Waals surface area contributed by atoms with Crippen LogP contribution < -0.4 is 11.1 Å². The van der Waals surface area contributed by atoms with E-state index in [1.165, 1.54) is 0 Å². The van der Waals surface area contributed by atoms with Gasteiger partial charge in [0.25, 0.3) is 0 Å². The van der Waals surface area contributed by atoms with Crippen LogP contribution in [-0.4, -0.2) is 40.0 Å². The van der Waals surface area contributed by atoms with Crippen LogP contribution >= 0.6 is 0 Å². The highest BCUT2D eigenvalue weighted by Gasteiger charge is 2.41. The minimum Gasteiger partial charge on any atom is -0.377 e. The Morgan fingerprint density at radius 1 is 1.38 bits per heavy atom. The molecule has 6 heteroatoms. The zero-order valence-electron chi connectivity index (χ0n) is 12.0. The second-order valence-corrected chi connectivity index (χ2v) is 7.94. The van der Waals surface area contributed by atoms with Crippen LogP contribution in [0.4, 0.5) is 0 Å². The normalized spacial score (nSPS) is 31.0. The Labute approximate surface area is 125 Å². The van der Waals surface area contributed by atoms with Crippen molar-refractivity contribution in [3.8, 4) is 0 Å². The first kappa shape index (κ1) is 15.0. The molecule has 0 amide bonds. The van der Waals surface area contributed by atoms with Crippen molar-refractivity contribution in [1.82, 2.24) is 5.32 Å². The van der Waals surface area contributed by atoms with Crippen molar-refractivity contribution in [2.75, 3.05) is 25.4 Å². The number of fused-ring (bicyclic) bond motifs is 1. The summed E-state index contributed by atoms with van der Waals surface area (Å²) in [5.74, 6) is 0.139. The fraction of sp³-hybridized carbons (Fsp3) is 0.600. The van der Waals surface area contributed by atoms with Crippen LogP contribution in [0, 0.1) is 0 Å². The molecule has 2 unspecified atom stereocenters. The largest absolute Gasteiger partial charge is 0.377 e. The maximum absolute atomic E-state index is 12.2. The SMILES string of the molecule is NCC1(NCC2CCCO2)CCS(=O)(=O)c2ccccc21. The Hall–Kier alpha value is -0.950. The van der Waals surface area contributed by atoms with E-state index in [1.54, 1.807) is 12.1 Å². The molecule has 0 bridgehead atoms.